The Labute approximate surface area is 90.0 Å². The third-order valence-electron chi connectivity index (χ3n) is 2.52. The maximum absolute atomic E-state index is 11.2. The van der Waals surface area contributed by atoms with Gasteiger partial charge in [-0.3, -0.25) is 0 Å². The van der Waals surface area contributed by atoms with E-state index in [0.29, 0.717) is 13.0 Å². The van der Waals surface area contributed by atoms with Crippen LogP contribution in [0.5, 0.6) is 0 Å². The lowest BCUT2D eigenvalue weighted by atomic mass is 10.2. The summed E-state index contributed by atoms with van der Waals surface area (Å²) < 4.78 is 27.9. The molecule has 0 N–H and O–H groups in total. The number of ether oxygens (including phenoxy) is 1. The van der Waals surface area contributed by atoms with E-state index in [0.717, 1.165) is 5.56 Å². The molecule has 0 amide bonds. The lowest BCUT2D eigenvalue weighted by Crippen LogP contribution is -2.14. The van der Waals surface area contributed by atoms with Gasteiger partial charge in [-0.15, -0.1) is 0 Å². The minimum Gasteiger partial charge on any atom is -0.372 e. The van der Waals surface area contributed by atoms with E-state index in [-0.39, 0.29) is 17.6 Å². The van der Waals surface area contributed by atoms with E-state index in [1.807, 2.05) is 30.3 Å². The topological polar surface area (TPSA) is 43.4 Å². The van der Waals surface area contributed by atoms with E-state index in [1.54, 1.807) is 0 Å². The zero-order valence-electron chi connectivity index (χ0n) is 8.43. The third-order valence-corrected chi connectivity index (χ3v) is 4.26. The van der Waals surface area contributed by atoms with Gasteiger partial charge in [-0.05, 0) is 12.0 Å². The quantitative estimate of drug-likeness (QED) is 0.782. The zero-order valence-corrected chi connectivity index (χ0v) is 9.24. The summed E-state index contributed by atoms with van der Waals surface area (Å²) in [6.07, 6.45) is 0.519. The molecule has 0 radical (unpaired) electrons. The minimum absolute atomic E-state index is 0.116. The molecule has 1 saturated heterocycles. The summed E-state index contributed by atoms with van der Waals surface area (Å²) >= 11 is 0. The van der Waals surface area contributed by atoms with Crippen LogP contribution in [-0.2, 0) is 21.2 Å². The summed E-state index contributed by atoms with van der Waals surface area (Å²) in [6, 6.07) is 9.80. The Balaban J connectivity index is 1.85. The Bertz CT molecular complexity index is 411. The lowest BCUT2D eigenvalue weighted by Gasteiger charge is -2.09. The van der Waals surface area contributed by atoms with Crippen LogP contribution in [0.1, 0.15) is 12.0 Å². The Kier molecular flexibility index (Phi) is 3.07. The van der Waals surface area contributed by atoms with Crippen molar-refractivity contribution in [2.24, 2.45) is 0 Å². The summed E-state index contributed by atoms with van der Waals surface area (Å²) in [6.45, 7) is 0.501. The molecule has 15 heavy (non-hydrogen) atoms. The number of hydrogen-bond acceptors (Lipinski definition) is 3. The van der Waals surface area contributed by atoms with Gasteiger partial charge in [0.2, 0.25) is 0 Å². The molecular weight excluding hydrogens is 212 g/mol. The van der Waals surface area contributed by atoms with Gasteiger partial charge in [0.15, 0.2) is 9.84 Å². The van der Waals surface area contributed by atoms with E-state index >= 15 is 0 Å². The van der Waals surface area contributed by atoms with Gasteiger partial charge in [-0.1, -0.05) is 30.3 Å². The van der Waals surface area contributed by atoms with Crippen molar-refractivity contribution in [1.29, 1.82) is 0 Å². The van der Waals surface area contributed by atoms with E-state index in [2.05, 4.69) is 0 Å². The van der Waals surface area contributed by atoms with Crippen molar-refractivity contribution in [1.82, 2.24) is 0 Å². The average molecular weight is 226 g/mol. The Morgan fingerprint density at radius 2 is 2.00 bits per heavy atom. The first kappa shape index (κ1) is 10.6. The molecule has 0 saturated carbocycles. The van der Waals surface area contributed by atoms with E-state index in [9.17, 15) is 8.42 Å². The van der Waals surface area contributed by atoms with Crippen LogP contribution in [0.2, 0.25) is 0 Å². The van der Waals surface area contributed by atoms with Crippen molar-refractivity contribution in [3.8, 4) is 0 Å². The third kappa shape index (κ3) is 3.04. The fourth-order valence-electron chi connectivity index (χ4n) is 1.68. The van der Waals surface area contributed by atoms with E-state index in [1.165, 1.54) is 0 Å². The number of benzene rings is 1. The molecule has 1 aliphatic heterocycles. The largest absolute Gasteiger partial charge is 0.372 e. The summed E-state index contributed by atoms with van der Waals surface area (Å²) in [5.41, 5.74) is 1.08. The first-order valence-corrected chi connectivity index (χ1v) is 6.84. The average Bonchev–Trinajstić information content (AvgIpc) is 2.57. The SMILES string of the molecule is O=S1(=O)CC[C@@H](OCc2ccccc2)C1. The van der Waals surface area contributed by atoms with Crippen LogP contribution in [0, 0.1) is 0 Å². The molecule has 1 atom stereocenters. The molecule has 0 unspecified atom stereocenters. The van der Waals surface area contributed by atoms with Crippen LogP contribution >= 0.6 is 0 Å². The van der Waals surface area contributed by atoms with E-state index in [4.69, 9.17) is 4.74 Å². The van der Waals surface area contributed by atoms with Crippen molar-refractivity contribution in [2.45, 2.75) is 19.1 Å². The van der Waals surface area contributed by atoms with Crippen LogP contribution in [-0.4, -0.2) is 26.0 Å². The molecule has 1 aromatic rings. The van der Waals surface area contributed by atoms with Gasteiger partial charge in [-0.2, -0.15) is 0 Å². The van der Waals surface area contributed by atoms with Crippen molar-refractivity contribution >= 4 is 9.84 Å². The van der Waals surface area contributed by atoms with Crippen LogP contribution in [0.4, 0.5) is 0 Å². The number of sulfone groups is 1. The van der Waals surface area contributed by atoms with Gasteiger partial charge in [0.1, 0.15) is 0 Å². The molecule has 0 spiro atoms. The fraction of sp³-hybridized carbons (Fsp3) is 0.455. The second kappa shape index (κ2) is 4.33. The van der Waals surface area contributed by atoms with Gasteiger partial charge in [0.05, 0.1) is 24.2 Å². The highest BCUT2D eigenvalue weighted by atomic mass is 32.2. The molecule has 0 bridgehead atoms. The summed E-state index contributed by atoms with van der Waals surface area (Å²) in [5.74, 6) is 0.451. The normalized spacial score (nSPS) is 24.1. The predicted octanol–water partition coefficient (Wildman–Crippen LogP) is 1.39. The van der Waals surface area contributed by atoms with Crippen molar-refractivity contribution in [3.63, 3.8) is 0 Å². The molecule has 1 aromatic carbocycles. The highest BCUT2D eigenvalue weighted by Crippen LogP contribution is 2.16. The maximum atomic E-state index is 11.2. The highest BCUT2D eigenvalue weighted by Gasteiger charge is 2.28. The predicted molar refractivity (Wildman–Crippen MR) is 58.3 cm³/mol. The first-order chi connectivity index (χ1) is 7.16. The maximum Gasteiger partial charge on any atom is 0.152 e. The Morgan fingerprint density at radius 3 is 2.60 bits per heavy atom. The van der Waals surface area contributed by atoms with E-state index < -0.39 is 9.84 Å². The summed E-state index contributed by atoms with van der Waals surface area (Å²) in [7, 11) is -2.82. The molecule has 1 aliphatic rings. The zero-order chi connectivity index (χ0) is 10.7. The molecule has 3 nitrogen and oxygen atoms in total. The molecule has 4 heteroatoms. The first-order valence-electron chi connectivity index (χ1n) is 5.02. The minimum atomic E-state index is -2.82. The molecule has 2 rings (SSSR count). The van der Waals surface area contributed by atoms with Gasteiger partial charge in [0, 0.05) is 0 Å². The van der Waals surface area contributed by atoms with Crippen LogP contribution < -0.4 is 0 Å². The van der Waals surface area contributed by atoms with Crippen LogP contribution in [0.15, 0.2) is 30.3 Å². The lowest BCUT2D eigenvalue weighted by molar-refractivity contribution is 0.0580. The second-order valence-electron chi connectivity index (χ2n) is 3.82. The smallest absolute Gasteiger partial charge is 0.152 e. The van der Waals surface area contributed by atoms with Gasteiger partial charge in [-0.25, -0.2) is 8.42 Å². The van der Waals surface area contributed by atoms with Crippen LogP contribution in [0.25, 0.3) is 0 Å². The molecule has 82 valence electrons. The summed E-state index contributed by atoms with van der Waals surface area (Å²) in [5, 5.41) is 0. The molecular formula is C11H14O3S. The van der Waals surface area contributed by atoms with Gasteiger partial charge in [0.25, 0.3) is 0 Å². The molecule has 1 heterocycles. The fourth-order valence-corrected chi connectivity index (χ4v) is 3.30. The molecule has 0 aliphatic carbocycles. The Hall–Kier alpha value is -0.870. The molecule has 1 fully saturated rings. The van der Waals surface area contributed by atoms with Crippen molar-refractivity contribution in [2.75, 3.05) is 11.5 Å². The van der Waals surface area contributed by atoms with Gasteiger partial charge >= 0.3 is 0 Å². The Morgan fingerprint density at radius 1 is 1.27 bits per heavy atom. The number of hydrogen-bond donors (Lipinski definition) is 0. The van der Waals surface area contributed by atoms with Crippen LogP contribution in [0.3, 0.4) is 0 Å². The summed E-state index contributed by atoms with van der Waals surface area (Å²) in [4.78, 5) is 0. The van der Waals surface area contributed by atoms with Gasteiger partial charge < -0.3 is 4.74 Å². The molecule has 0 aromatic heterocycles. The monoisotopic (exact) mass is 226 g/mol. The standard InChI is InChI=1S/C11H14O3S/c12-15(13)7-6-11(9-15)14-8-10-4-2-1-3-5-10/h1-5,11H,6-9H2/t11-/m1/s1. The number of rotatable bonds is 3. The van der Waals surface area contributed by atoms with Crippen molar-refractivity contribution in [3.05, 3.63) is 35.9 Å². The highest BCUT2D eigenvalue weighted by molar-refractivity contribution is 7.91. The second-order valence-corrected chi connectivity index (χ2v) is 6.05. The van der Waals surface area contributed by atoms with Crippen molar-refractivity contribution < 1.29 is 13.2 Å².